The first-order chi connectivity index (χ1) is 15.4. The summed E-state index contributed by atoms with van der Waals surface area (Å²) < 4.78 is 58.5. The molecule has 0 radical (unpaired) electrons. The Morgan fingerprint density at radius 3 is 1.91 bits per heavy atom. The molecule has 3 rings (SSSR count). The van der Waals surface area contributed by atoms with Gasteiger partial charge in [0.1, 0.15) is 12.0 Å². The zero-order valence-corrected chi connectivity index (χ0v) is 21.8. The predicted octanol–water partition coefficient (Wildman–Crippen LogP) is 4.01. The summed E-state index contributed by atoms with van der Waals surface area (Å²) in [4.78, 5) is 1.99. The van der Waals surface area contributed by atoms with Crippen molar-refractivity contribution in [2.24, 2.45) is 10.3 Å². The number of hydrogen-bond donors (Lipinski definition) is 0. The maximum absolute atomic E-state index is 13.5. The molecular formula is C23H30ClN3O4S2. The molecule has 0 N–H and O–H groups in total. The second kappa shape index (κ2) is 9.74. The van der Waals surface area contributed by atoms with E-state index in [0.717, 1.165) is 11.1 Å². The van der Waals surface area contributed by atoms with Gasteiger partial charge in [-0.05, 0) is 51.0 Å². The van der Waals surface area contributed by atoms with Crippen LogP contribution in [0.1, 0.15) is 31.9 Å². The van der Waals surface area contributed by atoms with E-state index in [4.69, 9.17) is 11.6 Å². The fourth-order valence-electron chi connectivity index (χ4n) is 4.04. The fourth-order valence-corrected chi connectivity index (χ4v) is 7.13. The molecular weight excluding hydrogens is 482 g/mol. The molecule has 2 aromatic carbocycles. The van der Waals surface area contributed by atoms with Gasteiger partial charge >= 0.3 is 0 Å². The van der Waals surface area contributed by atoms with E-state index in [0.29, 0.717) is 0 Å². The minimum Gasteiger partial charge on any atom is -0.337 e. The van der Waals surface area contributed by atoms with E-state index in [-0.39, 0.29) is 40.0 Å². The quantitative estimate of drug-likeness (QED) is 0.332. The molecule has 1 fully saturated rings. The Kier molecular flexibility index (Phi) is 7.58. The fraction of sp³-hybridized carbons (Fsp3) is 0.435. The molecule has 10 heteroatoms. The molecule has 0 saturated carbocycles. The first-order valence-electron chi connectivity index (χ1n) is 10.7. The van der Waals surface area contributed by atoms with Crippen LogP contribution in [0.2, 0.25) is 0 Å². The number of halogens is 1. The average molecular weight is 512 g/mol. The molecule has 0 aliphatic carbocycles. The zero-order valence-electron chi connectivity index (χ0n) is 19.4. The molecule has 0 spiro atoms. The van der Waals surface area contributed by atoms with Crippen molar-refractivity contribution in [3.8, 4) is 0 Å². The van der Waals surface area contributed by atoms with Crippen LogP contribution in [0.3, 0.4) is 0 Å². The second-order valence-corrected chi connectivity index (χ2v) is 12.5. The van der Waals surface area contributed by atoms with Crippen LogP contribution in [0.4, 0.5) is 0 Å². The number of rotatable bonds is 6. The first-order valence-corrected chi connectivity index (χ1v) is 14.1. The summed E-state index contributed by atoms with van der Waals surface area (Å²) in [6, 6.07) is 12.8. The van der Waals surface area contributed by atoms with Crippen LogP contribution in [0.15, 0.2) is 62.7 Å². The average Bonchev–Trinajstić information content (AvgIpc) is 3.11. The Labute approximate surface area is 202 Å². The van der Waals surface area contributed by atoms with Crippen molar-refractivity contribution in [1.82, 2.24) is 9.21 Å². The van der Waals surface area contributed by atoms with Gasteiger partial charge in [0.25, 0.3) is 10.0 Å². The minimum absolute atomic E-state index is 0.0628. The lowest BCUT2D eigenvalue weighted by Crippen LogP contribution is -2.49. The summed E-state index contributed by atoms with van der Waals surface area (Å²) in [7, 11) is -7.83. The van der Waals surface area contributed by atoms with Gasteiger partial charge in [0.15, 0.2) is 0 Å². The smallest absolute Gasteiger partial charge is 0.283 e. The minimum atomic E-state index is -4.01. The Bertz CT molecular complexity index is 1230. The monoisotopic (exact) mass is 511 g/mol. The Morgan fingerprint density at radius 2 is 1.45 bits per heavy atom. The van der Waals surface area contributed by atoms with Gasteiger partial charge in [-0.25, -0.2) is 8.42 Å². The van der Waals surface area contributed by atoms with E-state index >= 15 is 0 Å². The van der Waals surface area contributed by atoms with Crippen LogP contribution in [-0.4, -0.2) is 56.5 Å². The second-order valence-electron chi connectivity index (χ2n) is 8.73. The summed E-state index contributed by atoms with van der Waals surface area (Å²) in [5, 5.41) is 0. The van der Waals surface area contributed by atoms with Crippen LogP contribution in [0, 0.1) is 19.8 Å². The third kappa shape index (κ3) is 5.26. The van der Waals surface area contributed by atoms with E-state index in [2.05, 4.69) is 4.40 Å². The van der Waals surface area contributed by atoms with Gasteiger partial charge in [-0.15, -0.1) is 16.0 Å². The summed E-state index contributed by atoms with van der Waals surface area (Å²) in [5.74, 6) is -0.187. The molecule has 2 unspecified atom stereocenters. The molecule has 180 valence electrons. The van der Waals surface area contributed by atoms with Crippen LogP contribution in [-0.2, 0) is 20.0 Å². The summed E-state index contributed by atoms with van der Waals surface area (Å²) >= 11 is 6.19. The van der Waals surface area contributed by atoms with Crippen molar-refractivity contribution >= 4 is 37.5 Å². The van der Waals surface area contributed by atoms with E-state index in [1.54, 1.807) is 41.3 Å². The van der Waals surface area contributed by atoms with Gasteiger partial charge in [0.05, 0.1) is 15.7 Å². The molecule has 1 aliphatic rings. The summed E-state index contributed by atoms with van der Waals surface area (Å²) in [6.07, 6.45) is -0.628. The summed E-state index contributed by atoms with van der Waals surface area (Å²) in [6.45, 7) is 9.60. The maximum Gasteiger partial charge on any atom is 0.283 e. The lowest BCUT2D eigenvalue weighted by atomic mass is 10.1. The van der Waals surface area contributed by atoms with Gasteiger partial charge in [-0.3, -0.25) is 0 Å². The standard InChI is InChI=1S/C23H30ClN3O4S2/c1-16(2)23-26(33(30,31)21-12-8-18(4)9-13-21)15-19(5)27(23)22(14-24)25-32(28,29)20-10-6-17(3)7-11-20/h6-13,16,19,23H,14-15H2,1-5H3/b25-22+. The van der Waals surface area contributed by atoms with Gasteiger partial charge in [0.2, 0.25) is 10.0 Å². The highest BCUT2D eigenvalue weighted by Gasteiger charge is 2.46. The normalized spacial score (nSPS) is 20.6. The van der Waals surface area contributed by atoms with Gasteiger partial charge in [-0.2, -0.15) is 12.7 Å². The van der Waals surface area contributed by atoms with Crippen molar-refractivity contribution in [1.29, 1.82) is 0 Å². The van der Waals surface area contributed by atoms with Crippen molar-refractivity contribution < 1.29 is 16.8 Å². The molecule has 33 heavy (non-hydrogen) atoms. The highest BCUT2D eigenvalue weighted by atomic mass is 35.5. The van der Waals surface area contributed by atoms with Crippen molar-refractivity contribution in [2.75, 3.05) is 12.4 Å². The number of aryl methyl sites for hydroxylation is 2. The highest BCUT2D eigenvalue weighted by molar-refractivity contribution is 7.90. The van der Waals surface area contributed by atoms with Crippen LogP contribution in [0.5, 0.6) is 0 Å². The van der Waals surface area contributed by atoms with Gasteiger partial charge in [-0.1, -0.05) is 49.2 Å². The van der Waals surface area contributed by atoms with E-state index in [9.17, 15) is 16.8 Å². The lowest BCUT2D eigenvalue weighted by molar-refractivity contribution is 0.198. The Morgan fingerprint density at radius 1 is 0.970 bits per heavy atom. The predicted molar refractivity (Wildman–Crippen MR) is 132 cm³/mol. The lowest BCUT2D eigenvalue weighted by Gasteiger charge is -2.35. The molecule has 0 amide bonds. The first kappa shape index (κ1) is 25.7. The summed E-state index contributed by atoms with van der Waals surface area (Å²) in [5.41, 5.74) is 1.89. The number of hydrogen-bond acceptors (Lipinski definition) is 4. The molecule has 1 saturated heterocycles. The number of amidine groups is 1. The molecule has 2 aromatic rings. The molecule has 7 nitrogen and oxygen atoms in total. The number of nitrogens with zero attached hydrogens (tertiary/aromatic N) is 3. The molecule has 1 heterocycles. The van der Waals surface area contributed by atoms with Gasteiger partial charge < -0.3 is 4.90 Å². The van der Waals surface area contributed by atoms with Crippen molar-refractivity contribution in [3.63, 3.8) is 0 Å². The highest BCUT2D eigenvalue weighted by Crippen LogP contribution is 2.33. The van der Waals surface area contributed by atoms with E-state index in [1.165, 1.54) is 16.4 Å². The molecule has 1 aliphatic heterocycles. The van der Waals surface area contributed by atoms with Crippen molar-refractivity contribution in [3.05, 3.63) is 59.7 Å². The van der Waals surface area contributed by atoms with E-state index in [1.807, 2.05) is 34.6 Å². The number of benzene rings is 2. The van der Waals surface area contributed by atoms with Crippen LogP contribution in [0.25, 0.3) is 0 Å². The topological polar surface area (TPSA) is 87.1 Å². The zero-order chi connectivity index (χ0) is 24.6. The third-order valence-corrected chi connectivity index (χ3v) is 9.09. The Hall–Kier alpha value is -1.94. The van der Waals surface area contributed by atoms with Crippen LogP contribution >= 0.6 is 11.6 Å². The largest absolute Gasteiger partial charge is 0.337 e. The maximum atomic E-state index is 13.5. The molecule has 0 bridgehead atoms. The number of alkyl halides is 1. The SMILES string of the molecule is Cc1ccc(S(=O)(=O)/N=C(\CCl)N2C(C)CN(S(=O)(=O)c3ccc(C)cc3)C2C(C)C)cc1. The van der Waals surface area contributed by atoms with E-state index < -0.39 is 26.2 Å². The Balaban J connectivity index is 2.04. The molecule has 2 atom stereocenters. The number of sulfonamides is 2. The molecule has 0 aromatic heterocycles. The van der Waals surface area contributed by atoms with Gasteiger partial charge in [0, 0.05) is 12.6 Å². The van der Waals surface area contributed by atoms with Crippen LogP contribution < -0.4 is 0 Å². The third-order valence-electron chi connectivity index (χ3n) is 5.68. The van der Waals surface area contributed by atoms with Crippen molar-refractivity contribution in [2.45, 2.75) is 56.6 Å².